The Morgan fingerprint density at radius 2 is 1.09 bits per heavy atom. The molecule has 0 atom stereocenters. The smallest absolute Gasteiger partial charge is 0.339 e. The summed E-state index contributed by atoms with van der Waals surface area (Å²) < 4.78 is 20.2. The molecule has 0 saturated carbocycles. The number of Topliss-reactive ketones (excluding diaryl/α,β-unsaturated/α-hetero) is 2. The summed E-state index contributed by atoms with van der Waals surface area (Å²) >= 11 is 2.13. The highest BCUT2D eigenvalue weighted by Gasteiger charge is 2.39. The molecule has 0 bridgehead atoms. The number of rotatable bonds is 8. The van der Waals surface area contributed by atoms with E-state index < -0.39 is 11.9 Å². The molecule has 0 aromatic heterocycles. The number of ether oxygens (including phenoxy) is 4. The molecule has 0 spiro atoms. The molecule has 10 heteroatoms. The van der Waals surface area contributed by atoms with Gasteiger partial charge in [0.1, 0.15) is 13.2 Å². The normalized spacial score (nSPS) is 16.4. The van der Waals surface area contributed by atoms with E-state index in [1.165, 1.54) is 14.2 Å². The van der Waals surface area contributed by atoms with Gasteiger partial charge in [0.15, 0.2) is 0 Å². The number of benzene rings is 2. The second-order valence-corrected chi connectivity index (χ2v) is 9.18. The molecule has 8 nitrogen and oxygen atoms in total. The third kappa shape index (κ3) is 4.54. The Morgan fingerprint density at radius 1 is 0.676 bits per heavy atom. The second kappa shape index (κ2) is 10.6. The summed E-state index contributed by atoms with van der Waals surface area (Å²) in [6.07, 6.45) is 0. The maximum atomic E-state index is 13.2. The summed E-state index contributed by atoms with van der Waals surface area (Å²) in [5, 5.41) is 0. The van der Waals surface area contributed by atoms with Crippen molar-refractivity contribution in [1.29, 1.82) is 0 Å². The number of hydrogen-bond acceptors (Lipinski definition) is 10. The minimum absolute atomic E-state index is 0.0818. The van der Waals surface area contributed by atoms with E-state index in [2.05, 4.69) is 0 Å². The number of ketones is 2. The molecule has 2 heterocycles. The molecule has 0 amide bonds. The zero-order chi connectivity index (χ0) is 24.2. The third-order valence-corrected chi connectivity index (χ3v) is 7.63. The molecule has 0 fully saturated rings. The van der Waals surface area contributed by atoms with Crippen molar-refractivity contribution >= 4 is 47.0 Å². The van der Waals surface area contributed by atoms with Crippen LogP contribution in [0.15, 0.2) is 56.0 Å². The average Bonchev–Trinajstić information content (AvgIpc) is 3.35. The van der Waals surface area contributed by atoms with Crippen LogP contribution in [0.2, 0.25) is 0 Å². The molecule has 2 aliphatic heterocycles. The van der Waals surface area contributed by atoms with Crippen molar-refractivity contribution in [2.75, 3.05) is 40.6 Å². The second-order valence-electron chi connectivity index (χ2n) is 7.14. The summed E-state index contributed by atoms with van der Waals surface area (Å²) in [5.41, 5.74) is 1.16. The van der Waals surface area contributed by atoms with Crippen molar-refractivity contribution in [3.63, 3.8) is 0 Å². The number of fused-ring (bicyclic) bond motifs is 2. The Morgan fingerprint density at radius 3 is 1.47 bits per heavy atom. The average molecular weight is 501 g/mol. The number of carbonyl (C=O) groups is 4. The zero-order valence-corrected chi connectivity index (χ0v) is 20.0. The summed E-state index contributed by atoms with van der Waals surface area (Å²) in [4.78, 5) is 52.8. The highest BCUT2D eigenvalue weighted by molar-refractivity contribution is 8.08. The molecule has 0 N–H and O–H groups in total. The zero-order valence-electron chi connectivity index (χ0n) is 18.4. The lowest BCUT2D eigenvalue weighted by molar-refractivity contribution is 0.0377. The largest absolute Gasteiger partial charge is 0.460 e. The van der Waals surface area contributed by atoms with Crippen LogP contribution in [0.1, 0.15) is 41.4 Å². The van der Waals surface area contributed by atoms with E-state index >= 15 is 0 Å². The van der Waals surface area contributed by atoms with Gasteiger partial charge in [0.25, 0.3) is 0 Å². The van der Waals surface area contributed by atoms with Gasteiger partial charge in [0.2, 0.25) is 11.6 Å². The first-order valence-corrected chi connectivity index (χ1v) is 11.9. The quantitative estimate of drug-likeness (QED) is 0.302. The lowest BCUT2D eigenvalue weighted by atomic mass is 10.0. The van der Waals surface area contributed by atoms with E-state index in [4.69, 9.17) is 18.9 Å². The predicted molar refractivity (Wildman–Crippen MR) is 125 cm³/mol. The predicted octanol–water partition coefficient (Wildman–Crippen LogP) is 3.78. The van der Waals surface area contributed by atoms with Crippen LogP contribution >= 0.6 is 23.5 Å². The van der Waals surface area contributed by atoms with E-state index in [0.717, 1.165) is 23.5 Å². The number of hydrogen-bond donors (Lipinski definition) is 0. The van der Waals surface area contributed by atoms with Gasteiger partial charge in [-0.1, -0.05) is 35.7 Å². The Balaban J connectivity index is 1.64. The Kier molecular flexibility index (Phi) is 7.52. The van der Waals surface area contributed by atoms with Crippen molar-refractivity contribution in [3.8, 4) is 0 Å². The molecule has 0 unspecified atom stereocenters. The first-order valence-electron chi connectivity index (χ1n) is 10.3. The molecule has 176 valence electrons. The molecule has 2 aromatic carbocycles. The van der Waals surface area contributed by atoms with Crippen molar-refractivity contribution in [2.24, 2.45) is 0 Å². The molecule has 2 aromatic rings. The van der Waals surface area contributed by atoms with Gasteiger partial charge in [-0.2, -0.15) is 0 Å². The van der Waals surface area contributed by atoms with Crippen LogP contribution in [0, 0.1) is 0 Å². The number of carbonyl (C=O) groups excluding carboxylic acids is 4. The highest BCUT2D eigenvalue weighted by atomic mass is 32.2. The van der Waals surface area contributed by atoms with E-state index in [0.29, 0.717) is 20.9 Å². The van der Waals surface area contributed by atoms with Gasteiger partial charge < -0.3 is 18.9 Å². The summed E-state index contributed by atoms with van der Waals surface area (Å²) in [6.45, 7) is 0.667. The van der Waals surface area contributed by atoms with Gasteiger partial charge in [0, 0.05) is 35.1 Å². The first-order chi connectivity index (χ1) is 16.5. The van der Waals surface area contributed by atoms with Gasteiger partial charge in [-0.05, 0) is 24.3 Å². The van der Waals surface area contributed by atoms with Crippen LogP contribution in [-0.2, 0) is 18.9 Å². The van der Waals surface area contributed by atoms with Crippen molar-refractivity contribution in [2.45, 2.75) is 9.79 Å². The fourth-order valence-electron chi connectivity index (χ4n) is 3.40. The molecule has 2 aliphatic rings. The van der Waals surface area contributed by atoms with E-state index in [1.807, 2.05) is 0 Å². The molecule has 0 saturated heterocycles. The lowest BCUT2D eigenvalue weighted by Crippen LogP contribution is -2.11. The van der Waals surface area contributed by atoms with Gasteiger partial charge >= 0.3 is 11.9 Å². The highest BCUT2D eigenvalue weighted by Crippen LogP contribution is 2.51. The van der Waals surface area contributed by atoms with Gasteiger partial charge in [-0.15, -0.1) is 0 Å². The Bertz CT molecular complexity index is 1120. The van der Waals surface area contributed by atoms with E-state index in [-0.39, 0.29) is 58.9 Å². The molecule has 4 rings (SSSR count). The fourth-order valence-corrected chi connectivity index (χ4v) is 5.90. The van der Waals surface area contributed by atoms with Crippen LogP contribution in [0.5, 0.6) is 0 Å². The third-order valence-electron chi connectivity index (χ3n) is 5.03. The minimum Gasteiger partial charge on any atom is -0.460 e. The van der Waals surface area contributed by atoms with E-state index in [9.17, 15) is 19.2 Å². The molecular weight excluding hydrogens is 480 g/mol. The number of allylic oxidation sites excluding steroid dienone is 2. The van der Waals surface area contributed by atoms with Gasteiger partial charge in [-0.25, -0.2) is 9.59 Å². The maximum absolute atomic E-state index is 13.2. The number of methoxy groups -OCH3 is 2. The Hall–Kier alpha value is -2.92. The Labute approximate surface area is 204 Å². The SMILES string of the molecule is COCCOC(=O)c1cccc2c1S/C(=C1/Sc3c(C(=O)OCCOC)cccc3C1=O)C2=O. The maximum Gasteiger partial charge on any atom is 0.339 e. The summed E-state index contributed by atoms with van der Waals surface area (Å²) in [7, 11) is 3.00. The molecule has 34 heavy (non-hydrogen) atoms. The van der Waals surface area contributed by atoms with Crippen molar-refractivity contribution in [3.05, 3.63) is 68.5 Å². The number of esters is 2. The monoisotopic (exact) mass is 500 g/mol. The molecule has 0 radical (unpaired) electrons. The lowest BCUT2D eigenvalue weighted by Gasteiger charge is -2.07. The van der Waals surface area contributed by atoms with Crippen LogP contribution in [-0.4, -0.2) is 64.2 Å². The first kappa shape index (κ1) is 24.2. The van der Waals surface area contributed by atoms with Crippen LogP contribution < -0.4 is 0 Å². The van der Waals surface area contributed by atoms with E-state index in [1.54, 1.807) is 36.4 Å². The molecular formula is C24H20O8S2. The topological polar surface area (TPSA) is 105 Å². The summed E-state index contributed by atoms with van der Waals surface area (Å²) in [5.74, 6) is -1.84. The van der Waals surface area contributed by atoms with Crippen LogP contribution in [0.4, 0.5) is 0 Å². The molecule has 0 aliphatic carbocycles. The van der Waals surface area contributed by atoms with Gasteiger partial charge in [-0.3, -0.25) is 9.59 Å². The standard InChI is InChI=1S/C24H20O8S2/c1-29-9-11-31-23(27)15-7-3-5-13-17(25)21(33-19(13)15)22-18(26)14-6-4-8-16(20(14)34-22)24(28)32-12-10-30-2/h3-8H,9-12H2,1-2H3/b22-21+. The van der Waals surface area contributed by atoms with Crippen LogP contribution in [0.25, 0.3) is 0 Å². The van der Waals surface area contributed by atoms with Crippen LogP contribution in [0.3, 0.4) is 0 Å². The minimum atomic E-state index is -0.574. The summed E-state index contributed by atoms with van der Waals surface area (Å²) in [6, 6.07) is 9.58. The van der Waals surface area contributed by atoms with Crippen molar-refractivity contribution in [1.82, 2.24) is 0 Å². The fraction of sp³-hybridized carbons (Fsp3) is 0.250. The van der Waals surface area contributed by atoms with Gasteiger partial charge in [0.05, 0.1) is 34.2 Å². The number of thioether (sulfide) groups is 2. The van der Waals surface area contributed by atoms with Crippen molar-refractivity contribution < 1.29 is 38.1 Å².